The van der Waals surface area contributed by atoms with Crippen molar-refractivity contribution < 1.29 is 9.59 Å². The molecule has 0 saturated carbocycles. The Morgan fingerprint density at radius 3 is 2.94 bits per heavy atom. The van der Waals surface area contributed by atoms with Crippen LogP contribution in [0.4, 0.5) is 5.13 Å². The Bertz CT molecular complexity index is 470. The lowest BCUT2D eigenvalue weighted by molar-refractivity contribution is -0.119. The van der Waals surface area contributed by atoms with Crippen molar-refractivity contribution in [2.45, 2.75) is 45.6 Å². The van der Waals surface area contributed by atoms with Crippen LogP contribution in [0, 0.1) is 0 Å². The fourth-order valence-corrected chi connectivity index (χ4v) is 3.15. The molecular formula is C12H17N3O2S. The van der Waals surface area contributed by atoms with Crippen LogP contribution in [0.5, 0.6) is 0 Å². The van der Waals surface area contributed by atoms with Crippen molar-refractivity contribution in [3.05, 3.63) is 10.6 Å². The minimum absolute atomic E-state index is 0.00692. The fourth-order valence-electron chi connectivity index (χ4n) is 2.05. The van der Waals surface area contributed by atoms with Gasteiger partial charge in [-0.05, 0) is 12.8 Å². The van der Waals surface area contributed by atoms with Crippen molar-refractivity contribution in [2.24, 2.45) is 0 Å². The van der Waals surface area contributed by atoms with Crippen molar-refractivity contribution in [3.8, 4) is 0 Å². The van der Waals surface area contributed by atoms with Gasteiger partial charge in [0.05, 0.1) is 5.69 Å². The van der Waals surface area contributed by atoms with Crippen molar-refractivity contribution in [1.82, 2.24) is 10.3 Å². The monoisotopic (exact) mass is 267 g/mol. The summed E-state index contributed by atoms with van der Waals surface area (Å²) in [6.07, 6.45) is 3.05. The summed E-state index contributed by atoms with van der Waals surface area (Å²) >= 11 is 1.52. The summed E-state index contributed by atoms with van der Waals surface area (Å²) in [5.74, 6) is -0.00742. The summed E-state index contributed by atoms with van der Waals surface area (Å²) < 4.78 is 0. The van der Waals surface area contributed by atoms with Gasteiger partial charge in [-0.2, -0.15) is 0 Å². The molecule has 0 aromatic carbocycles. The first-order valence-electron chi connectivity index (χ1n) is 6.14. The van der Waals surface area contributed by atoms with Gasteiger partial charge >= 0.3 is 0 Å². The van der Waals surface area contributed by atoms with E-state index in [-0.39, 0.29) is 17.9 Å². The molecule has 0 saturated heterocycles. The predicted molar refractivity (Wildman–Crippen MR) is 70.7 cm³/mol. The number of aryl methyl sites for hydroxylation is 1. The third-order valence-corrected chi connectivity index (χ3v) is 3.95. The molecule has 98 valence electrons. The molecule has 1 atom stereocenters. The van der Waals surface area contributed by atoms with Crippen LogP contribution >= 0.6 is 11.3 Å². The Balaban J connectivity index is 2.04. The molecule has 2 amide bonds. The lowest BCUT2D eigenvalue weighted by atomic mass is 9.98. The maximum Gasteiger partial charge on any atom is 0.225 e. The quantitative estimate of drug-likeness (QED) is 0.871. The van der Waals surface area contributed by atoms with Gasteiger partial charge in [0, 0.05) is 30.7 Å². The van der Waals surface area contributed by atoms with Crippen LogP contribution in [-0.2, 0) is 22.4 Å². The van der Waals surface area contributed by atoms with Gasteiger partial charge in [0.1, 0.15) is 0 Å². The zero-order valence-corrected chi connectivity index (χ0v) is 11.4. The highest BCUT2D eigenvalue weighted by Gasteiger charge is 2.23. The van der Waals surface area contributed by atoms with E-state index in [1.807, 2.05) is 6.92 Å². The molecule has 1 aromatic heterocycles. The zero-order valence-electron chi connectivity index (χ0n) is 10.6. The number of nitrogens with one attached hydrogen (secondary N) is 2. The molecule has 1 heterocycles. The first-order chi connectivity index (χ1) is 8.58. The molecule has 0 spiro atoms. The smallest absolute Gasteiger partial charge is 0.225 e. The van der Waals surface area contributed by atoms with Crippen molar-refractivity contribution in [3.63, 3.8) is 0 Å². The van der Waals surface area contributed by atoms with Gasteiger partial charge in [0.25, 0.3) is 0 Å². The predicted octanol–water partition coefficient (Wildman–Crippen LogP) is 1.49. The second-order valence-corrected chi connectivity index (χ2v) is 5.51. The number of anilines is 1. The Kier molecular flexibility index (Phi) is 3.96. The van der Waals surface area contributed by atoms with Crippen LogP contribution < -0.4 is 10.6 Å². The van der Waals surface area contributed by atoms with Gasteiger partial charge in [-0.15, -0.1) is 11.3 Å². The lowest BCUT2D eigenvalue weighted by Gasteiger charge is -2.21. The largest absolute Gasteiger partial charge is 0.353 e. The molecule has 6 heteroatoms. The standard InChI is InChI=1S/C12H17N3O2S/c1-3-11(17)15-12-14-9-5-4-8(13-7(2)16)6-10(9)18-12/h8H,3-6H2,1-2H3,(H,13,16)(H,14,15,17). The van der Waals surface area contributed by atoms with Gasteiger partial charge in [-0.1, -0.05) is 6.92 Å². The highest BCUT2D eigenvalue weighted by atomic mass is 32.1. The van der Waals surface area contributed by atoms with Gasteiger partial charge < -0.3 is 10.6 Å². The third-order valence-electron chi connectivity index (χ3n) is 2.91. The Hall–Kier alpha value is -1.43. The number of amides is 2. The molecule has 1 aliphatic rings. The van der Waals surface area contributed by atoms with Gasteiger partial charge in [-0.25, -0.2) is 4.98 Å². The van der Waals surface area contributed by atoms with Crippen LogP contribution in [0.2, 0.25) is 0 Å². The van der Waals surface area contributed by atoms with Crippen LogP contribution in [-0.4, -0.2) is 22.8 Å². The Morgan fingerprint density at radius 1 is 1.50 bits per heavy atom. The van der Waals surface area contributed by atoms with E-state index in [9.17, 15) is 9.59 Å². The summed E-state index contributed by atoms with van der Waals surface area (Å²) in [7, 11) is 0. The van der Waals surface area contributed by atoms with E-state index >= 15 is 0 Å². The lowest BCUT2D eigenvalue weighted by Crippen LogP contribution is -2.37. The highest BCUT2D eigenvalue weighted by molar-refractivity contribution is 7.15. The number of nitrogens with zero attached hydrogens (tertiary/aromatic N) is 1. The van der Waals surface area contributed by atoms with Gasteiger partial charge in [0.2, 0.25) is 11.8 Å². The number of hydrogen-bond acceptors (Lipinski definition) is 4. The average Bonchev–Trinajstić information content (AvgIpc) is 2.69. The van der Waals surface area contributed by atoms with Crippen LogP contribution in [0.1, 0.15) is 37.3 Å². The molecule has 0 fully saturated rings. The maximum atomic E-state index is 11.3. The van der Waals surface area contributed by atoms with Gasteiger partial charge in [0.15, 0.2) is 5.13 Å². The van der Waals surface area contributed by atoms with Crippen molar-refractivity contribution in [1.29, 1.82) is 0 Å². The van der Waals surface area contributed by atoms with Crippen LogP contribution in [0.25, 0.3) is 0 Å². The normalized spacial score (nSPS) is 18.0. The first-order valence-corrected chi connectivity index (χ1v) is 6.95. The van der Waals surface area contributed by atoms with Crippen LogP contribution in [0.3, 0.4) is 0 Å². The van der Waals surface area contributed by atoms with E-state index in [0.717, 1.165) is 25.0 Å². The fraction of sp³-hybridized carbons (Fsp3) is 0.583. The Morgan fingerprint density at radius 2 is 2.28 bits per heavy atom. The molecule has 1 aliphatic carbocycles. The molecule has 2 N–H and O–H groups in total. The highest BCUT2D eigenvalue weighted by Crippen LogP contribution is 2.29. The average molecular weight is 267 g/mol. The maximum absolute atomic E-state index is 11.3. The summed E-state index contributed by atoms with van der Waals surface area (Å²) in [5, 5.41) is 6.40. The van der Waals surface area contributed by atoms with Gasteiger partial charge in [-0.3, -0.25) is 9.59 Å². The number of fused-ring (bicyclic) bond motifs is 1. The molecule has 0 aliphatic heterocycles. The minimum atomic E-state index is -0.0143. The molecule has 1 aromatic rings. The molecule has 0 radical (unpaired) electrons. The Labute approximate surface area is 110 Å². The van der Waals surface area contributed by atoms with Crippen molar-refractivity contribution >= 4 is 28.3 Å². The second kappa shape index (κ2) is 5.48. The third kappa shape index (κ3) is 3.07. The van der Waals surface area contributed by atoms with E-state index in [1.165, 1.54) is 23.1 Å². The number of hydrogen-bond donors (Lipinski definition) is 2. The summed E-state index contributed by atoms with van der Waals surface area (Å²) in [6, 6.07) is 0.199. The molecule has 2 rings (SSSR count). The molecular weight excluding hydrogens is 250 g/mol. The number of thiazole rings is 1. The van der Waals surface area contributed by atoms with E-state index in [4.69, 9.17) is 0 Å². The molecule has 1 unspecified atom stereocenters. The number of carbonyl (C=O) groups is 2. The van der Waals surface area contributed by atoms with E-state index in [0.29, 0.717) is 11.6 Å². The van der Waals surface area contributed by atoms with Crippen LogP contribution in [0.15, 0.2) is 0 Å². The van der Waals surface area contributed by atoms with E-state index in [2.05, 4.69) is 15.6 Å². The van der Waals surface area contributed by atoms with Crippen molar-refractivity contribution in [2.75, 3.05) is 5.32 Å². The van der Waals surface area contributed by atoms with E-state index < -0.39 is 0 Å². The summed E-state index contributed by atoms with van der Waals surface area (Å²) in [6.45, 7) is 3.35. The zero-order chi connectivity index (χ0) is 13.1. The second-order valence-electron chi connectivity index (χ2n) is 4.43. The number of carbonyl (C=O) groups excluding carboxylic acids is 2. The molecule has 5 nitrogen and oxygen atoms in total. The molecule has 18 heavy (non-hydrogen) atoms. The first kappa shape index (κ1) is 13.0. The minimum Gasteiger partial charge on any atom is -0.353 e. The number of aromatic nitrogens is 1. The molecule has 0 bridgehead atoms. The topological polar surface area (TPSA) is 71.1 Å². The SMILES string of the molecule is CCC(=O)Nc1nc2c(s1)CC(NC(C)=O)CC2. The summed E-state index contributed by atoms with van der Waals surface area (Å²) in [4.78, 5) is 27.9. The van der Waals surface area contributed by atoms with E-state index in [1.54, 1.807) is 0 Å². The summed E-state index contributed by atoms with van der Waals surface area (Å²) in [5.41, 5.74) is 1.06. The number of rotatable bonds is 3.